The average molecular weight is 305 g/mol. The van der Waals surface area contributed by atoms with Gasteiger partial charge in [-0.2, -0.15) is 0 Å². The molecular formula is C19H31NO2. The molecular weight excluding hydrogens is 274 g/mol. The Labute approximate surface area is 135 Å². The third-order valence-corrected chi connectivity index (χ3v) is 4.18. The number of carboxylic acid groups (broad SMARTS) is 1. The molecule has 0 atom stereocenters. The van der Waals surface area contributed by atoms with E-state index in [4.69, 9.17) is 0 Å². The van der Waals surface area contributed by atoms with Crippen LogP contribution >= 0.6 is 0 Å². The van der Waals surface area contributed by atoms with Gasteiger partial charge in [0.2, 0.25) is 0 Å². The van der Waals surface area contributed by atoms with Crippen molar-refractivity contribution in [3.63, 3.8) is 0 Å². The van der Waals surface area contributed by atoms with E-state index in [1.165, 1.54) is 24.1 Å². The first-order valence-corrected chi connectivity index (χ1v) is 8.58. The number of aromatic carboxylic acids is 1. The summed E-state index contributed by atoms with van der Waals surface area (Å²) in [6, 6.07) is 3.75. The van der Waals surface area contributed by atoms with E-state index in [2.05, 4.69) is 18.7 Å². The molecule has 0 aliphatic heterocycles. The molecule has 1 aromatic carbocycles. The van der Waals surface area contributed by atoms with Crippen LogP contribution in [0.15, 0.2) is 12.1 Å². The van der Waals surface area contributed by atoms with Crippen LogP contribution < -0.4 is 4.90 Å². The van der Waals surface area contributed by atoms with Gasteiger partial charge in [0.1, 0.15) is 0 Å². The fourth-order valence-electron chi connectivity index (χ4n) is 2.97. The summed E-state index contributed by atoms with van der Waals surface area (Å²) in [5, 5.41) is 9.53. The first kappa shape index (κ1) is 18.5. The molecule has 0 amide bonds. The SMILES string of the molecule is CCCCCc1c(C(=O)O)ccc(N(C)C)c1CCCCC. The molecule has 0 saturated carbocycles. The largest absolute Gasteiger partial charge is 0.478 e. The molecule has 1 N–H and O–H groups in total. The summed E-state index contributed by atoms with van der Waals surface area (Å²) in [5.41, 5.74) is 3.97. The Morgan fingerprint density at radius 3 is 1.95 bits per heavy atom. The van der Waals surface area contributed by atoms with Gasteiger partial charge in [-0.3, -0.25) is 0 Å². The summed E-state index contributed by atoms with van der Waals surface area (Å²) in [6.07, 6.45) is 8.72. The molecule has 0 radical (unpaired) electrons. The van der Waals surface area contributed by atoms with Crippen LogP contribution in [0.25, 0.3) is 0 Å². The molecule has 0 fully saturated rings. The van der Waals surface area contributed by atoms with Crippen molar-refractivity contribution in [1.29, 1.82) is 0 Å². The van der Waals surface area contributed by atoms with Crippen molar-refractivity contribution in [2.24, 2.45) is 0 Å². The van der Waals surface area contributed by atoms with Crippen molar-refractivity contribution in [2.45, 2.75) is 65.2 Å². The molecule has 0 bridgehead atoms. The summed E-state index contributed by atoms with van der Waals surface area (Å²) in [5.74, 6) is -0.798. The van der Waals surface area contributed by atoms with Crippen LogP contribution in [0.4, 0.5) is 5.69 Å². The van der Waals surface area contributed by atoms with Gasteiger partial charge in [-0.05, 0) is 48.9 Å². The molecule has 1 aromatic rings. The molecule has 22 heavy (non-hydrogen) atoms. The van der Waals surface area contributed by atoms with Crippen LogP contribution in [0, 0.1) is 0 Å². The number of carboxylic acids is 1. The molecule has 0 heterocycles. The van der Waals surface area contributed by atoms with Crippen molar-refractivity contribution in [3.8, 4) is 0 Å². The van der Waals surface area contributed by atoms with Gasteiger partial charge in [0.25, 0.3) is 0 Å². The van der Waals surface area contributed by atoms with E-state index in [9.17, 15) is 9.90 Å². The van der Waals surface area contributed by atoms with Gasteiger partial charge in [-0.25, -0.2) is 4.79 Å². The Morgan fingerprint density at radius 1 is 0.955 bits per heavy atom. The maximum Gasteiger partial charge on any atom is 0.335 e. The number of anilines is 1. The predicted octanol–water partition coefficient (Wildman–Crippen LogP) is 4.92. The standard InChI is InChI=1S/C19H31NO2/c1-5-7-9-11-15-16(12-10-8-6-2)18(20(3)4)14-13-17(15)19(21)22/h13-14H,5-12H2,1-4H3,(H,21,22). The van der Waals surface area contributed by atoms with Gasteiger partial charge < -0.3 is 10.0 Å². The number of unbranched alkanes of at least 4 members (excludes halogenated alkanes) is 4. The van der Waals surface area contributed by atoms with Gasteiger partial charge in [-0.15, -0.1) is 0 Å². The van der Waals surface area contributed by atoms with Crippen LogP contribution in [-0.2, 0) is 12.8 Å². The van der Waals surface area contributed by atoms with Crippen LogP contribution in [0.1, 0.15) is 73.9 Å². The van der Waals surface area contributed by atoms with E-state index < -0.39 is 5.97 Å². The van der Waals surface area contributed by atoms with Gasteiger partial charge in [0, 0.05) is 19.8 Å². The van der Waals surface area contributed by atoms with E-state index in [1.807, 2.05) is 20.2 Å². The lowest BCUT2D eigenvalue weighted by molar-refractivity contribution is 0.0695. The molecule has 124 valence electrons. The number of carbonyl (C=O) groups is 1. The van der Waals surface area contributed by atoms with Crippen LogP contribution in [0.3, 0.4) is 0 Å². The molecule has 0 unspecified atom stereocenters. The molecule has 0 aromatic heterocycles. The van der Waals surface area contributed by atoms with Crippen molar-refractivity contribution in [3.05, 3.63) is 28.8 Å². The number of benzene rings is 1. The van der Waals surface area contributed by atoms with Crippen LogP contribution in [0.5, 0.6) is 0 Å². The Hall–Kier alpha value is -1.51. The Morgan fingerprint density at radius 2 is 1.50 bits per heavy atom. The predicted molar refractivity (Wildman–Crippen MR) is 94.2 cm³/mol. The zero-order valence-corrected chi connectivity index (χ0v) is 14.6. The minimum atomic E-state index is -0.798. The minimum Gasteiger partial charge on any atom is -0.478 e. The van der Waals surface area contributed by atoms with E-state index in [0.29, 0.717) is 5.56 Å². The quantitative estimate of drug-likeness (QED) is 0.624. The molecule has 0 saturated heterocycles. The minimum absolute atomic E-state index is 0.494. The molecule has 3 heteroatoms. The zero-order valence-electron chi connectivity index (χ0n) is 14.6. The van der Waals surface area contributed by atoms with Crippen molar-refractivity contribution in [1.82, 2.24) is 0 Å². The van der Waals surface area contributed by atoms with Gasteiger partial charge in [0.15, 0.2) is 0 Å². The van der Waals surface area contributed by atoms with E-state index in [-0.39, 0.29) is 0 Å². The first-order valence-electron chi connectivity index (χ1n) is 8.58. The zero-order chi connectivity index (χ0) is 16.5. The van der Waals surface area contributed by atoms with Gasteiger partial charge >= 0.3 is 5.97 Å². The molecule has 0 spiro atoms. The lowest BCUT2D eigenvalue weighted by atomic mass is 9.91. The highest BCUT2D eigenvalue weighted by Crippen LogP contribution is 2.29. The molecule has 3 nitrogen and oxygen atoms in total. The van der Waals surface area contributed by atoms with Gasteiger partial charge in [0.05, 0.1) is 5.56 Å². The lowest BCUT2D eigenvalue weighted by Crippen LogP contribution is -2.15. The number of hydrogen-bond acceptors (Lipinski definition) is 2. The maximum absolute atomic E-state index is 11.6. The second-order valence-electron chi connectivity index (χ2n) is 6.20. The third kappa shape index (κ3) is 5.04. The number of nitrogens with zero attached hydrogens (tertiary/aromatic N) is 1. The summed E-state index contributed by atoms with van der Waals surface area (Å²) in [4.78, 5) is 13.7. The van der Waals surface area contributed by atoms with Crippen molar-refractivity contribution in [2.75, 3.05) is 19.0 Å². The highest BCUT2D eigenvalue weighted by Gasteiger charge is 2.18. The summed E-state index contributed by atoms with van der Waals surface area (Å²) >= 11 is 0. The summed E-state index contributed by atoms with van der Waals surface area (Å²) in [7, 11) is 4.07. The van der Waals surface area contributed by atoms with E-state index in [0.717, 1.165) is 44.1 Å². The Bertz CT molecular complexity index is 481. The summed E-state index contributed by atoms with van der Waals surface area (Å²) < 4.78 is 0. The Kier molecular flexibility index (Phi) is 8.00. The maximum atomic E-state index is 11.6. The third-order valence-electron chi connectivity index (χ3n) is 4.18. The highest BCUT2D eigenvalue weighted by atomic mass is 16.4. The van der Waals surface area contributed by atoms with Crippen LogP contribution in [0.2, 0.25) is 0 Å². The van der Waals surface area contributed by atoms with Crippen molar-refractivity contribution >= 4 is 11.7 Å². The monoisotopic (exact) mass is 305 g/mol. The smallest absolute Gasteiger partial charge is 0.335 e. The summed E-state index contributed by atoms with van der Waals surface area (Å²) in [6.45, 7) is 4.37. The first-order chi connectivity index (χ1) is 10.5. The number of hydrogen-bond donors (Lipinski definition) is 1. The topological polar surface area (TPSA) is 40.5 Å². The molecule has 0 aliphatic rings. The van der Waals surface area contributed by atoms with Crippen LogP contribution in [-0.4, -0.2) is 25.2 Å². The fraction of sp³-hybridized carbons (Fsp3) is 0.632. The molecule has 1 rings (SSSR count). The second kappa shape index (κ2) is 9.50. The molecule has 0 aliphatic carbocycles. The van der Waals surface area contributed by atoms with E-state index in [1.54, 1.807) is 6.07 Å². The fourth-order valence-corrected chi connectivity index (χ4v) is 2.97. The normalized spacial score (nSPS) is 10.7. The van der Waals surface area contributed by atoms with E-state index >= 15 is 0 Å². The lowest BCUT2D eigenvalue weighted by Gasteiger charge is -2.22. The Balaban J connectivity index is 3.21. The van der Waals surface area contributed by atoms with Crippen molar-refractivity contribution < 1.29 is 9.90 Å². The second-order valence-corrected chi connectivity index (χ2v) is 6.20. The highest BCUT2D eigenvalue weighted by molar-refractivity contribution is 5.91. The van der Waals surface area contributed by atoms with Gasteiger partial charge in [-0.1, -0.05) is 39.5 Å². The number of rotatable bonds is 10. The average Bonchev–Trinajstić information content (AvgIpc) is 2.47.